The van der Waals surface area contributed by atoms with Crippen molar-refractivity contribution < 1.29 is 9.90 Å². The predicted molar refractivity (Wildman–Crippen MR) is 86.0 cm³/mol. The third-order valence-electron chi connectivity index (χ3n) is 1.98. The van der Waals surface area contributed by atoms with Crippen LogP contribution in [0.4, 0.5) is 0 Å². The number of rotatable bonds is 8. The van der Waals surface area contributed by atoms with E-state index in [-0.39, 0.29) is 17.4 Å². The van der Waals surface area contributed by atoms with Gasteiger partial charge in [-0.1, -0.05) is 41.9 Å². The maximum absolute atomic E-state index is 11.6. The quantitative estimate of drug-likeness (QED) is 0.473. The molecule has 0 bridgehead atoms. The van der Waals surface area contributed by atoms with Gasteiger partial charge >= 0.3 is 0 Å². The van der Waals surface area contributed by atoms with Crippen molar-refractivity contribution in [2.75, 3.05) is 13.1 Å². The predicted octanol–water partition coefficient (Wildman–Crippen LogP) is 1.94. The molecule has 0 aromatic rings. The van der Waals surface area contributed by atoms with Gasteiger partial charge in [0.15, 0.2) is 0 Å². The first-order valence-corrected chi connectivity index (χ1v) is 7.16. The van der Waals surface area contributed by atoms with Crippen LogP contribution in [0, 0.1) is 11.8 Å². The van der Waals surface area contributed by atoms with E-state index in [0.29, 0.717) is 10.9 Å². The van der Waals surface area contributed by atoms with Crippen LogP contribution < -0.4 is 10.6 Å². The van der Waals surface area contributed by atoms with E-state index in [4.69, 9.17) is 11.6 Å². The molecule has 1 unspecified atom stereocenters. The highest BCUT2D eigenvalue weighted by molar-refractivity contribution is 8.08. The van der Waals surface area contributed by atoms with Gasteiger partial charge in [-0.05, 0) is 13.8 Å². The number of nitrogens with one attached hydrogen (secondary N) is 2. The summed E-state index contributed by atoms with van der Waals surface area (Å²) < 4.78 is 0.481. The van der Waals surface area contributed by atoms with Gasteiger partial charge in [0.1, 0.15) is 0 Å². The van der Waals surface area contributed by atoms with Gasteiger partial charge < -0.3 is 15.7 Å². The Balaban J connectivity index is 3.93. The number of aliphatic hydroxyl groups is 1. The standard InChI is InChI=1S/C14H19ClN2O2S/c1-4-6-7-8-16-9-12(18)10-17-14(19)11(3)20-13(15)5-2/h5,7-8,12,16,18H,3,9-10H2,1-2H3,(H,17,19)/b8-7+,13-5-. The summed E-state index contributed by atoms with van der Waals surface area (Å²) in [4.78, 5) is 11.9. The topological polar surface area (TPSA) is 61.4 Å². The second kappa shape index (κ2) is 11.5. The lowest BCUT2D eigenvalue weighted by Crippen LogP contribution is -2.37. The van der Waals surface area contributed by atoms with Gasteiger partial charge in [0.05, 0.1) is 15.4 Å². The van der Waals surface area contributed by atoms with Crippen LogP contribution in [0.15, 0.2) is 34.2 Å². The number of allylic oxidation sites excluding steroid dienone is 2. The van der Waals surface area contributed by atoms with Crippen molar-refractivity contribution in [1.29, 1.82) is 0 Å². The Hall–Kier alpha value is -1.35. The van der Waals surface area contributed by atoms with Crippen LogP contribution in [0.2, 0.25) is 0 Å². The van der Waals surface area contributed by atoms with Gasteiger partial charge in [0, 0.05) is 25.4 Å². The minimum Gasteiger partial charge on any atom is -0.389 e. The zero-order chi connectivity index (χ0) is 15.4. The van der Waals surface area contributed by atoms with E-state index in [2.05, 4.69) is 29.1 Å². The average Bonchev–Trinajstić information content (AvgIpc) is 2.44. The smallest absolute Gasteiger partial charge is 0.257 e. The maximum atomic E-state index is 11.6. The third-order valence-corrected chi connectivity index (χ3v) is 3.29. The summed E-state index contributed by atoms with van der Waals surface area (Å²) in [6.45, 7) is 7.57. The molecule has 1 amide bonds. The van der Waals surface area contributed by atoms with Crippen LogP contribution in [0.1, 0.15) is 13.8 Å². The molecule has 20 heavy (non-hydrogen) atoms. The zero-order valence-electron chi connectivity index (χ0n) is 11.6. The van der Waals surface area contributed by atoms with E-state index in [9.17, 15) is 9.90 Å². The van der Waals surface area contributed by atoms with E-state index >= 15 is 0 Å². The van der Waals surface area contributed by atoms with Crippen molar-refractivity contribution in [3.05, 3.63) is 34.2 Å². The Morgan fingerprint density at radius 2 is 2.25 bits per heavy atom. The molecular weight excluding hydrogens is 296 g/mol. The molecule has 3 N–H and O–H groups in total. The number of hydrogen-bond donors (Lipinski definition) is 3. The first kappa shape index (κ1) is 18.7. The highest BCUT2D eigenvalue weighted by Gasteiger charge is 2.10. The van der Waals surface area contributed by atoms with Crippen molar-refractivity contribution in [1.82, 2.24) is 10.6 Å². The van der Waals surface area contributed by atoms with Crippen LogP contribution in [0.5, 0.6) is 0 Å². The first-order valence-electron chi connectivity index (χ1n) is 5.96. The summed E-state index contributed by atoms with van der Waals surface area (Å²) in [6.07, 6.45) is 4.26. The highest BCUT2D eigenvalue weighted by Crippen LogP contribution is 2.26. The SMILES string of the molecule is C=C(S/C(Cl)=C\C)C(=O)NCC(O)CN/C=C/C#CC. The molecule has 0 heterocycles. The Morgan fingerprint density at radius 3 is 2.85 bits per heavy atom. The van der Waals surface area contributed by atoms with Crippen molar-refractivity contribution in [3.63, 3.8) is 0 Å². The summed E-state index contributed by atoms with van der Waals surface area (Å²) >= 11 is 6.86. The molecule has 0 radical (unpaired) electrons. The van der Waals surface area contributed by atoms with Crippen molar-refractivity contribution in [2.24, 2.45) is 0 Å². The van der Waals surface area contributed by atoms with Crippen LogP contribution in [0.25, 0.3) is 0 Å². The van der Waals surface area contributed by atoms with Crippen LogP contribution in [-0.4, -0.2) is 30.2 Å². The molecular formula is C14H19ClN2O2S. The van der Waals surface area contributed by atoms with Crippen LogP contribution in [0.3, 0.4) is 0 Å². The molecule has 110 valence electrons. The fraction of sp³-hybridized carbons (Fsp3) is 0.357. The summed E-state index contributed by atoms with van der Waals surface area (Å²) in [6, 6.07) is 0. The summed E-state index contributed by atoms with van der Waals surface area (Å²) in [5, 5.41) is 15.1. The fourth-order valence-electron chi connectivity index (χ4n) is 0.992. The Morgan fingerprint density at radius 1 is 1.55 bits per heavy atom. The number of thioether (sulfide) groups is 1. The molecule has 0 aromatic carbocycles. The molecule has 4 nitrogen and oxygen atoms in total. The molecule has 0 aliphatic carbocycles. The van der Waals surface area contributed by atoms with E-state index in [1.54, 1.807) is 32.2 Å². The highest BCUT2D eigenvalue weighted by atomic mass is 35.5. The molecule has 0 saturated heterocycles. The second-order valence-corrected chi connectivity index (χ2v) is 5.39. The molecule has 0 saturated carbocycles. The zero-order valence-corrected chi connectivity index (χ0v) is 13.1. The minimum absolute atomic E-state index is 0.131. The molecule has 0 aliphatic rings. The van der Waals surface area contributed by atoms with Gasteiger partial charge in [0.25, 0.3) is 5.91 Å². The van der Waals surface area contributed by atoms with Gasteiger partial charge in [-0.15, -0.1) is 5.92 Å². The lowest BCUT2D eigenvalue weighted by molar-refractivity contribution is -0.117. The largest absolute Gasteiger partial charge is 0.389 e. The van der Waals surface area contributed by atoms with E-state index in [1.165, 1.54) is 0 Å². The normalized spacial score (nSPS) is 12.5. The number of hydrogen-bond acceptors (Lipinski definition) is 4. The average molecular weight is 315 g/mol. The Labute approximate surface area is 129 Å². The van der Waals surface area contributed by atoms with Gasteiger partial charge in [-0.3, -0.25) is 4.79 Å². The van der Waals surface area contributed by atoms with Crippen LogP contribution in [-0.2, 0) is 4.79 Å². The van der Waals surface area contributed by atoms with E-state index in [1.807, 2.05) is 0 Å². The molecule has 1 atom stereocenters. The Kier molecular flexibility index (Phi) is 10.7. The molecule has 6 heteroatoms. The lowest BCUT2D eigenvalue weighted by Gasteiger charge is -2.12. The third kappa shape index (κ3) is 9.56. The minimum atomic E-state index is -0.701. The number of carbonyl (C=O) groups excluding carboxylic acids is 1. The van der Waals surface area contributed by atoms with Gasteiger partial charge in [-0.25, -0.2) is 0 Å². The monoisotopic (exact) mass is 314 g/mol. The van der Waals surface area contributed by atoms with Gasteiger partial charge in [0.2, 0.25) is 0 Å². The maximum Gasteiger partial charge on any atom is 0.257 e. The number of halogens is 1. The number of amides is 1. The summed E-state index contributed by atoms with van der Waals surface area (Å²) in [7, 11) is 0. The van der Waals surface area contributed by atoms with Crippen LogP contribution >= 0.6 is 23.4 Å². The molecule has 0 aromatic heterocycles. The van der Waals surface area contributed by atoms with Crippen molar-refractivity contribution >= 4 is 29.3 Å². The second-order valence-electron chi connectivity index (χ2n) is 3.62. The molecule has 0 fully saturated rings. The number of aliphatic hydroxyl groups excluding tert-OH is 1. The summed E-state index contributed by atoms with van der Waals surface area (Å²) in [5.41, 5.74) is 0. The Bertz CT molecular complexity index is 450. The van der Waals surface area contributed by atoms with E-state index < -0.39 is 6.10 Å². The number of carbonyl (C=O) groups is 1. The fourth-order valence-corrected chi connectivity index (χ4v) is 1.79. The van der Waals surface area contributed by atoms with Crippen molar-refractivity contribution in [3.8, 4) is 11.8 Å². The van der Waals surface area contributed by atoms with Gasteiger partial charge in [-0.2, -0.15) is 0 Å². The molecule has 0 spiro atoms. The molecule has 0 rings (SSSR count). The van der Waals surface area contributed by atoms with E-state index in [0.717, 1.165) is 11.8 Å². The molecule has 0 aliphatic heterocycles. The first-order chi connectivity index (χ1) is 9.51. The van der Waals surface area contributed by atoms with Crippen molar-refractivity contribution in [2.45, 2.75) is 20.0 Å². The lowest BCUT2D eigenvalue weighted by atomic mass is 10.3. The summed E-state index contributed by atoms with van der Waals surface area (Å²) in [5.74, 6) is 5.09.